The second-order valence-corrected chi connectivity index (χ2v) is 8.99. The number of halogens is 1. The lowest BCUT2D eigenvalue weighted by Gasteiger charge is -2.41. The first kappa shape index (κ1) is 24.3. The lowest BCUT2D eigenvalue weighted by molar-refractivity contribution is 0.0524. The third kappa shape index (κ3) is 4.57. The highest BCUT2D eigenvalue weighted by molar-refractivity contribution is 6.04. The zero-order valence-electron chi connectivity index (χ0n) is 19.8. The molecule has 2 aliphatic heterocycles. The van der Waals surface area contributed by atoms with Crippen LogP contribution in [0.25, 0.3) is 0 Å². The van der Waals surface area contributed by atoms with Gasteiger partial charge in [-0.2, -0.15) is 0 Å². The van der Waals surface area contributed by atoms with E-state index < -0.39 is 0 Å². The zero-order valence-corrected chi connectivity index (χ0v) is 20.6. The van der Waals surface area contributed by atoms with Gasteiger partial charge in [-0.05, 0) is 41.7 Å². The van der Waals surface area contributed by atoms with Crippen molar-refractivity contribution >= 4 is 18.1 Å². The van der Waals surface area contributed by atoms with Gasteiger partial charge in [-0.15, -0.1) is 12.4 Å². The molecule has 4 nitrogen and oxygen atoms in total. The Morgan fingerprint density at radius 3 is 1.97 bits per heavy atom. The maximum absolute atomic E-state index is 5.72. The van der Waals surface area contributed by atoms with Crippen molar-refractivity contribution in [1.82, 2.24) is 0 Å². The first-order valence-electron chi connectivity index (χ1n) is 11.7. The van der Waals surface area contributed by atoms with E-state index >= 15 is 0 Å². The molecule has 1 spiro atoms. The number of fused-ring (bicyclic) bond motifs is 2. The Morgan fingerprint density at radius 1 is 0.853 bits per heavy atom. The monoisotopic (exact) mass is 477 g/mol. The molecule has 1 fully saturated rings. The largest absolute Gasteiger partial charge is 0.493 e. The van der Waals surface area contributed by atoms with E-state index in [2.05, 4.69) is 72.8 Å². The number of methoxy groups -OCH3 is 2. The fourth-order valence-corrected chi connectivity index (χ4v) is 5.33. The van der Waals surface area contributed by atoms with Crippen molar-refractivity contribution in [2.24, 2.45) is 4.99 Å². The van der Waals surface area contributed by atoms with Crippen LogP contribution < -0.4 is 9.47 Å². The van der Waals surface area contributed by atoms with Crippen molar-refractivity contribution in [3.8, 4) is 11.5 Å². The van der Waals surface area contributed by atoms with Gasteiger partial charge in [-0.1, -0.05) is 60.7 Å². The molecule has 5 heteroatoms. The zero-order chi connectivity index (χ0) is 22.7. The number of hydrogen-bond donors (Lipinski definition) is 0. The fourth-order valence-electron chi connectivity index (χ4n) is 5.33. The highest BCUT2D eigenvalue weighted by Gasteiger charge is 2.40. The molecule has 0 aliphatic carbocycles. The molecule has 3 aromatic carbocycles. The summed E-state index contributed by atoms with van der Waals surface area (Å²) >= 11 is 0. The molecule has 0 atom stereocenters. The molecule has 3 aromatic rings. The molecule has 178 valence electrons. The van der Waals surface area contributed by atoms with E-state index in [-0.39, 0.29) is 23.7 Å². The van der Waals surface area contributed by atoms with E-state index in [0.717, 1.165) is 56.2 Å². The van der Waals surface area contributed by atoms with Gasteiger partial charge in [0.1, 0.15) is 0 Å². The summed E-state index contributed by atoms with van der Waals surface area (Å²) in [6.45, 7) is 2.34. The van der Waals surface area contributed by atoms with Gasteiger partial charge in [0.15, 0.2) is 11.5 Å². The van der Waals surface area contributed by atoms with E-state index in [0.29, 0.717) is 0 Å². The van der Waals surface area contributed by atoms with Crippen molar-refractivity contribution in [2.45, 2.75) is 30.6 Å². The second kappa shape index (κ2) is 10.6. The van der Waals surface area contributed by atoms with Crippen molar-refractivity contribution in [3.63, 3.8) is 0 Å². The van der Waals surface area contributed by atoms with Crippen LogP contribution in [0.4, 0.5) is 0 Å². The van der Waals surface area contributed by atoms with Crippen LogP contribution in [0.5, 0.6) is 11.5 Å². The Bertz CT molecular complexity index is 1090. The van der Waals surface area contributed by atoms with Crippen LogP contribution >= 0.6 is 12.4 Å². The molecule has 0 saturated carbocycles. The van der Waals surface area contributed by atoms with Gasteiger partial charge in [0.05, 0.1) is 14.2 Å². The highest BCUT2D eigenvalue weighted by Crippen LogP contribution is 2.45. The van der Waals surface area contributed by atoms with E-state index in [1.807, 2.05) is 0 Å². The van der Waals surface area contributed by atoms with E-state index in [4.69, 9.17) is 19.2 Å². The van der Waals surface area contributed by atoms with Crippen LogP contribution in [-0.4, -0.2) is 39.7 Å². The smallest absolute Gasteiger partial charge is 0.161 e. The maximum Gasteiger partial charge on any atom is 0.161 e. The molecule has 0 radical (unpaired) electrons. The SMILES string of the molecule is COc1cc2c(cc1OC)C1(CCOCC1)CN=C2CC(c1ccccc1)c1ccccc1.Cl. The summed E-state index contributed by atoms with van der Waals surface area (Å²) in [7, 11) is 3.41. The molecular formula is C29H32ClNO3. The fraction of sp³-hybridized carbons (Fsp3) is 0.345. The summed E-state index contributed by atoms with van der Waals surface area (Å²) < 4.78 is 17.1. The predicted octanol–water partition coefficient (Wildman–Crippen LogP) is 6.20. The number of ether oxygens (including phenoxy) is 3. The minimum Gasteiger partial charge on any atom is -0.493 e. The molecule has 0 aromatic heterocycles. The Balaban J connectivity index is 0.00000274. The summed E-state index contributed by atoms with van der Waals surface area (Å²) in [4.78, 5) is 5.23. The third-order valence-corrected chi connectivity index (χ3v) is 7.23. The minimum absolute atomic E-state index is 0. The molecule has 5 rings (SSSR count). The molecule has 0 N–H and O–H groups in total. The van der Waals surface area contributed by atoms with Crippen LogP contribution in [0.2, 0.25) is 0 Å². The van der Waals surface area contributed by atoms with Gasteiger partial charge in [0.2, 0.25) is 0 Å². The Labute approximate surface area is 208 Å². The summed E-state index contributed by atoms with van der Waals surface area (Å²) in [5.41, 5.74) is 6.28. The topological polar surface area (TPSA) is 40.0 Å². The van der Waals surface area contributed by atoms with Crippen molar-refractivity contribution < 1.29 is 14.2 Å². The number of rotatable bonds is 6. The molecule has 2 heterocycles. The van der Waals surface area contributed by atoms with E-state index in [1.54, 1.807) is 14.2 Å². The van der Waals surface area contributed by atoms with Gasteiger partial charge in [-0.25, -0.2) is 0 Å². The average molecular weight is 478 g/mol. The molecule has 1 saturated heterocycles. The second-order valence-electron chi connectivity index (χ2n) is 8.99. The summed E-state index contributed by atoms with van der Waals surface area (Å²) in [5, 5.41) is 0. The summed E-state index contributed by atoms with van der Waals surface area (Å²) in [5.74, 6) is 1.77. The first-order chi connectivity index (χ1) is 16.2. The van der Waals surface area contributed by atoms with Crippen LogP contribution in [-0.2, 0) is 10.2 Å². The van der Waals surface area contributed by atoms with Crippen molar-refractivity contribution in [1.29, 1.82) is 0 Å². The number of benzene rings is 3. The van der Waals surface area contributed by atoms with Gasteiger partial charge >= 0.3 is 0 Å². The average Bonchev–Trinajstić information content (AvgIpc) is 2.89. The molecule has 2 aliphatic rings. The normalized spacial score (nSPS) is 16.4. The Kier molecular flexibility index (Phi) is 7.60. The number of nitrogens with zero attached hydrogens (tertiary/aromatic N) is 1. The Hall–Kier alpha value is -2.82. The summed E-state index contributed by atoms with van der Waals surface area (Å²) in [6, 6.07) is 25.8. The maximum atomic E-state index is 5.72. The van der Waals surface area contributed by atoms with Gasteiger partial charge in [0, 0.05) is 48.8 Å². The van der Waals surface area contributed by atoms with Gasteiger partial charge in [-0.3, -0.25) is 4.99 Å². The van der Waals surface area contributed by atoms with Gasteiger partial charge < -0.3 is 14.2 Å². The van der Waals surface area contributed by atoms with Crippen LogP contribution in [0.15, 0.2) is 77.8 Å². The number of hydrogen-bond acceptors (Lipinski definition) is 4. The molecule has 0 bridgehead atoms. The van der Waals surface area contributed by atoms with Crippen molar-refractivity contribution in [3.05, 3.63) is 95.1 Å². The van der Waals surface area contributed by atoms with Crippen molar-refractivity contribution in [2.75, 3.05) is 34.0 Å². The number of aliphatic imine (C=N–C) groups is 1. The minimum atomic E-state index is 0. The van der Waals surface area contributed by atoms with Crippen LogP contribution in [0.1, 0.15) is 47.4 Å². The summed E-state index contributed by atoms with van der Waals surface area (Å²) in [6.07, 6.45) is 2.79. The quantitative estimate of drug-likeness (QED) is 0.424. The molecule has 0 amide bonds. The Morgan fingerprint density at radius 2 is 1.41 bits per heavy atom. The lowest BCUT2D eigenvalue weighted by atomic mass is 9.69. The van der Waals surface area contributed by atoms with Gasteiger partial charge in [0.25, 0.3) is 0 Å². The first-order valence-corrected chi connectivity index (χ1v) is 11.7. The predicted molar refractivity (Wildman–Crippen MR) is 139 cm³/mol. The van der Waals surface area contributed by atoms with E-state index in [1.165, 1.54) is 22.3 Å². The van der Waals surface area contributed by atoms with Crippen LogP contribution in [0.3, 0.4) is 0 Å². The van der Waals surface area contributed by atoms with Crippen LogP contribution in [0, 0.1) is 0 Å². The molecular weight excluding hydrogens is 446 g/mol. The molecule has 34 heavy (non-hydrogen) atoms. The molecule has 0 unspecified atom stereocenters. The lowest BCUT2D eigenvalue weighted by Crippen LogP contribution is -2.41. The van der Waals surface area contributed by atoms with E-state index in [9.17, 15) is 0 Å². The highest BCUT2D eigenvalue weighted by atomic mass is 35.5. The third-order valence-electron chi connectivity index (χ3n) is 7.23. The standard InChI is InChI=1S/C29H31NO3.ClH/c1-31-27-18-24-25(19-28(27)32-2)29(13-15-33-16-14-29)20-30-26(24)17-23(21-9-5-3-6-10-21)22-11-7-4-8-12-22;/h3-12,18-19,23H,13-17,20H2,1-2H3;1H.